The van der Waals surface area contributed by atoms with E-state index in [-0.39, 0.29) is 23.4 Å². The first-order valence-electron chi connectivity index (χ1n) is 5.56. The highest BCUT2D eigenvalue weighted by Crippen LogP contribution is 2.24. The highest BCUT2D eigenvalue weighted by molar-refractivity contribution is 5.41. The summed E-state index contributed by atoms with van der Waals surface area (Å²) in [4.78, 5) is 11.4. The molecule has 1 heterocycles. The summed E-state index contributed by atoms with van der Waals surface area (Å²) in [5, 5.41) is 21.5. The lowest BCUT2D eigenvalue weighted by Gasteiger charge is -2.06. The number of rotatable bonds is 4. The highest BCUT2D eigenvalue weighted by Gasteiger charge is 2.03. The van der Waals surface area contributed by atoms with Crippen LogP contribution in [0, 0.1) is 0 Å². The lowest BCUT2D eigenvalue weighted by atomic mass is 10.1. The van der Waals surface area contributed by atoms with E-state index in [2.05, 4.69) is 20.3 Å². The Balaban J connectivity index is 1.94. The zero-order valence-corrected chi connectivity index (χ0v) is 10.0. The van der Waals surface area contributed by atoms with Crippen molar-refractivity contribution in [3.63, 3.8) is 0 Å². The minimum absolute atomic E-state index is 0.0530. The van der Waals surface area contributed by atoms with Crippen molar-refractivity contribution in [3.8, 4) is 11.5 Å². The van der Waals surface area contributed by atoms with Crippen LogP contribution in [0.15, 0.2) is 18.2 Å². The van der Waals surface area contributed by atoms with Crippen LogP contribution in [-0.4, -0.2) is 31.7 Å². The molecule has 19 heavy (non-hydrogen) atoms. The number of hydrogen-bond acceptors (Lipinski definition) is 8. The van der Waals surface area contributed by atoms with Crippen LogP contribution < -0.4 is 16.8 Å². The summed E-state index contributed by atoms with van der Waals surface area (Å²) in [5.41, 5.74) is 11.7. The molecule has 0 saturated heterocycles. The van der Waals surface area contributed by atoms with E-state index in [1.165, 1.54) is 12.1 Å². The van der Waals surface area contributed by atoms with Gasteiger partial charge in [0.25, 0.3) is 0 Å². The Kier molecular flexibility index (Phi) is 3.51. The van der Waals surface area contributed by atoms with Gasteiger partial charge in [0, 0.05) is 6.54 Å². The average molecular weight is 262 g/mol. The van der Waals surface area contributed by atoms with Crippen LogP contribution in [0.2, 0.25) is 0 Å². The molecule has 0 saturated carbocycles. The number of aromatic hydroxyl groups is 2. The monoisotopic (exact) mass is 262 g/mol. The lowest BCUT2D eigenvalue weighted by molar-refractivity contribution is 0.403. The Labute approximate surface area is 109 Å². The third-order valence-electron chi connectivity index (χ3n) is 2.41. The number of phenols is 2. The molecule has 0 radical (unpaired) electrons. The van der Waals surface area contributed by atoms with E-state index in [1.54, 1.807) is 6.07 Å². The maximum Gasteiger partial charge on any atom is 0.229 e. The van der Waals surface area contributed by atoms with Gasteiger partial charge in [0.15, 0.2) is 11.5 Å². The Morgan fingerprint density at radius 1 is 1.00 bits per heavy atom. The molecular formula is C11H14N6O2. The summed E-state index contributed by atoms with van der Waals surface area (Å²) in [6.45, 7) is 0.521. The van der Waals surface area contributed by atoms with Gasteiger partial charge >= 0.3 is 0 Å². The van der Waals surface area contributed by atoms with E-state index in [4.69, 9.17) is 11.5 Å². The third kappa shape index (κ3) is 3.35. The van der Waals surface area contributed by atoms with Crippen molar-refractivity contribution in [1.82, 2.24) is 15.0 Å². The number of anilines is 3. The molecule has 100 valence electrons. The molecule has 0 aliphatic heterocycles. The maximum atomic E-state index is 9.35. The van der Waals surface area contributed by atoms with Crippen molar-refractivity contribution in [2.24, 2.45) is 0 Å². The van der Waals surface area contributed by atoms with Gasteiger partial charge in [-0.1, -0.05) is 6.07 Å². The van der Waals surface area contributed by atoms with Crippen molar-refractivity contribution in [2.45, 2.75) is 6.42 Å². The Bertz CT molecular complexity index is 569. The molecule has 0 unspecified atom stereocenters. The minimum atomic E-state index is -0.147. The SMILES string of the molecule is Nc1nc(N)nc(NCCc2ccc(O)c(O)c2)n1. The summed E-state index contributed by atoms with van der Waals surface area (Å²) in [5.74, 6) is 0.114. The Morgan fingerprint density at radius 2 is 1.68 bits per heavy atom. The number of nitrogens with zero attached hydrogens (tertiary/aromatic N) is 3. The van der Waals surface area contributed by atoms with E-state index in [0.29, 0.717) is 18.9 Å². The molecule has 0 fully saturated rings. The summed E-state index contributed by atoms with van der Waals surface area (Å²) in [7, 11) is 0. The molecule has 1 aromatic carbocycles. The highest BCUT2D eigenvalue weighted by atomic mass is 16.3. The number of nitrogen functional groups attached to an aromatic ring is 2. The van der Waals surface area contributed by atoms with Crippen LogP contribution in [0.4, 0.5) is 17.8 Å². The van der Waals surface area contributed by atoms with Crippen molar-refractivity contribution >= 4 is 17.8 Å². The quantitative estimate of drug-likeness (QED) is 0.488. The van der Waals surface area contributed by atoms with Gasteiger partial charge in [0.2, 0.25) is 17.8 Å². The Hall–Kier alpha value is -2.77. The number of benzene rings is 1. The van der Waals surface area contributed by atoms with E-state index < -0.39 is 0 Å². The van der Waals surface area contributed by atoms with Gasteiger partial charge in [-0.15, -0.1) is 0 Å². The molecule has 7 N–H and O–H groups in total. The normalized spacial score (nSPS) is 10.3. The number of hydrogen-bond donors (Lipinski definition) is 5. The first kappa shape index (κ1) is 12.7. The van der Waals surface area contributed by atoms with E-state index >= 15 is 0 Å². The molecule has 2 rings (SSSR count). The fourth-order valence-electron chi connectivity index (χ4n) is 1.53. The average Bonchev–Trinajstić information content (AvgIpc) is 2.32. The van der Waals surface area contributed by atoms with Gasteiger partial charge < -0.3 is 27.0 Å². The topological polar surface area (TPSA) is 143 Å². The van der Waals surface area contributed by atoms with E-state index in [1.807, 2.05) is 0 Å². The molecule has 0 aliphatic rings. The second kappa shape index (κ2) is 5.25. The van der Waals surface area contributed by atoms with Crippen LogP contribution in [0.25, 0.3) is 0 Å². The molecule has 8 nitrogen and oxygen atoms in total. The van der Waals surface area contributed by atoms with Gasteiger partial charge in [-0.2, -0.15) is 15.0 Å². The van der Waals surface area contributed by atoms with Crippen molar-refractivity contribution in [2.75, 3.05) is 23.3 Å². The van der Waals surface area contributed by atoms with Crippen molar-refractivity contribution in [1.29, 1.82) is 0 Å². The van der Waals surface area contributed by atoms with E-state index in [9.17, 15) is 10.2 Å². The lowest BCUT2D eigenvalue weighted by Crippen LogP contribution is -2.11. The molecular weight excluding hydrogens is 248 g/mol. The molecule has 0 aliphatic carbocycles. The molecule has 0 bridgehead atoms. The molecule has 0 spiro atoms. The molecule has 8 heteroatoms. The van der Waals surface area contributed by atoms with Crippen LogP contribution in [0.3, 0.4) is 0 Å². The number of nitrogens with two attached hydrogens (primary N) is 2. The first-order valence-corrected chi connectivity index (χ1v) is 5.56. The van der Waals surface area contributed by atoms with Crippen molar-refractivity contribution in [3.05, 3.63) is 23.8 Å². The third-order valence-corrected chi connectivity index (χ3v) is 2.41. The van der Waals surface area contributed by atoms with Gasteiger partial charge in [-0.25, -0.2) is 0 Å². The number of phenolic OH excluding ortho intramolecular Hbond substituents is 2. The van der Waals surface area contributed by atoms with Gasteiger partial charge in [0.1, 0.15) is 0 Å². The van der Waals surface area contributed by atoms with Gasteiger partial charge in [-0.3, -0.25) is 0 Å². The second-order valence-corrected chi connectivity index (χ2v) is 3.88. The molecule has 0 atom stereocenters. The van der Waals surface area contributed by atoms with Crippen molar-refractivity contribution < 1.29 is 10.2 Å². The van der Waals surface area contributed by atoms with E-state index in [0.717, 1.165) is 5.56 Å². The second-order valence-electron chi connectivity index (χ2n) is 3.88. The first-order chi connectivity index (χ1) is 9.04. The van der Waals surface area contributed by atoms with Crippen LogP contribution in [-0.2, 0) is 6.42 Å². The summed E-state index contributed by atoms with van der Waals surface area (Å²) in [6, 6.07) is 4.64. The fraction of sp³-hybridized carbons (Fsp3) is 0.182. The Morgan fingerprint density at radius 3 is 2.32 bits per heavy atom. The summed E-state index contributed by atoms with van der Waals surface area (Å²) >= 11 is 0. The number of nitrogens with one attached hydrogen (secondary N) is 1. The molecule has 1 aromatic heterocycles. The maximum absolute atomic E-state index is 9.35. The van der Waals surface area contributed by atoms with Gasteiger partial charge in [0.05, 0.1) is 0 Å². The fourth-order valence-corrected chi connectivity index (χ4v) is 1.53. The summed E-state index contributed by atoms with van der Waals surface area (Å²) in [6.07, 6.45) is 0.610. The van der Waals surface area contributed by atoms with Crippen LogP contribution in [0.5, 0.6) is 11.5 Å². The molecule has 0 amide bonds. The smallest absolute Gasteiger partial charge is 0.229 e. The van der Waals surface area contributed by atoms with Gasteiger partial charge in [-0.05, 0) is 24.1 Å². The van der Waals surface area contributed by atoms with Crippen LogP contribution >= 0.6 is 0 Å². The van der Waals surface area contributed by atoms with Crippen LogP contribution in [0.1, 0.15) is 5.56 Å². The zero-order valence-electron chi connectivity index (χ0n) is 10.0. The predicted octanol–water partition coefficient (Wildman–Crippen LogP) is 0.102. The largest absolute Gasteiger partial charge is 0.504 e. The standard InChI is InChI=1S/C11H14N6O2/c12-9-15-10(13)17-11(16-9)14-4-3-6-1-2-7(18)8(19)5-6/h1-2,5,18-19H,3-4H2,(H5,12,13,14,15,16,17). The summed E-state index contributed by atoms with van der Waals surface area (Å²) < 4.78 is 0. The zero-order chi connectivity index (χ0) is 13.8. The molecule has 2 aromatic rings. The predicted molar refractivity (Wildman–Crippen MR) is 70.6 cm³/mol. The minimum Gasteiger partial charge on any atom is -0.504 e. The number of aromatic nitrogens is 3.